The molecule has 0 amide bonds. The van der Waals surface area contributed by atoms with Crippen molar-refractivity contribution in [2.75, 3.05) is 0 Å². The van der Waals surface area contributed by atoms with Crippen molar-refractivity contribution in [3.8, 4) is 0 Å². The van der Waals surface area contributed by atoms with Crippen molar-refractivity contribution in [2.24, 2.45) is 0 Å². The molecule has 3 fully saturated rings. The van der Waals surface area contributed by atoms with Gasteiger partial charge in [-0.05, 0) is 101 Å². The van der Waals surface area contributed by atoms with E-state index in [9.17, 15) is 4.80 Å². The Balaban J connectivity index is 0. The maximum atomic E-state index is 10.5. The molecule has 0 bridgehead atoms. The third kappa shape index (κ3) is 28.7. The fourth-order valence-corrected chi connectivity index (χ4v) is 6.91. The first kappa shape index (κ1) is 42.0. The van der Waals surface area contributed by atoms with Crippen molar-refractivity contribution in [3.63, 3.8) is 0 Å². The van der Waals surface area contributed by atoms with E-state index >= 15 is 0 Å². The van der Waals surface area contributed by atoms with E-state index in [-0.39, 0.29) is 44.5 Å². The number of hydrogen-bond donors (Lipinski definition) is 4. The Bertz CT molecular complexity index is 490. The summed E-state index contributed by atoms with van der Waals surface area (Å²) >= 11 is 0. The Hall–Kier alpha value is 0.820. The quantitative estimate of drug-likeness (QED) is 0.248. The smallest absolute Gasteiger partial charge is 0.393 e. The van der Waals surface area contributed by atoms with Crippen molar-refractivity contribution < 1.29 is 59.6 Å². The van der Waals surface area contributed by atoms with Gasteiger partial charge in [0.2, 0.25) is 0 Å². The fourth-order valence-electron chi connectivity index (χ4n) is 4.47. The van der Waals surface area contributed by atoms with Gasteiger partial charge in [-0.3, -0.25) is 0 Å². The SMILES string of the molecule is CC(C)(C)O[Si](O)(OC(C)(C)C)OC(C)(C)C.OC1CCCCC1.OC1CCCCC1.OC1CCCCC1.[Zr]. The summed E-state index contributed by atoms with van der Waals surface area (Å²) in [7, 11) is -3.66. The van der Waals surface area contributed by atoms with Crippen molar-refractivity contribution in [3.05, 3.63) is 0 Å². The Labute approximate surface area is 261 Å². The van der Waals surface area contributed by atoms with Gasteiger partial charge in [-0.15, -0.1) is 0 Å². The number of aliphatic hydroxyl groups is 3. The average Bonchev–Trinajstić information content (AvgIpc) is 2.72. The maximum Gasteiger partial charge on any atom is 0.678 e. The van der Waals surface area contributed by atoms with Crippen molar-refractivity contribution in [1.82, 2.24) is 0 Å². The number of aliphatic hydroxyl groups excluding tert-OH is 3. The minimum absolute atomic E-state index is 0. The van der Waals surface area contributed by atoms with E-state index < -0.39 is 25.9 Å². The van der Waals surface area contributed by atoms with Crippen molar-refractivity contribution >= 4 is 9.05 Å². The summed E-state index contributed by atoms with van der Waals surface area (Å²) in [5.74, 6) is 0. The molecule has 0 atom stereocenters. The van der Waals surface area contributed by atoms with Gasteiger partial charge in [0.1, 0.15) is 0 Å². The third-order valence-corrected chi connectivity index (χ3v) is 8.64. The molecule has 39 heavy (non-hydrogen) atoms. The Morgan fingerprint density at radius 2 is 0.615 bits per heavy atom. The molecule has 3 aliphatic carbocycles. The molecule has 0 radical (unpaired) electrons. The first-order valence-electron chi connectivity index (χ1n) is 15.2. The zero-order chi connectivity index (χ0) is 29.5. The average molecular weight is 656 g/mol. The van der Waals surface area contributed by atoms with Gasteiger partial charge in [-0.25, -0.2) is 0 Å². The summed E-state index contributed by atoms with van der Waals surface area (Å²) in [6.07, 6.45) is 17.8. The topological polar surface area (TPSA) is 109 Å². The molecule has 3 aliphatic rings. The molecule has 3 saturated carbocycles. The molecule has 9 heteroatoms. The molecule has 4 N–H and O–H groups in total. The van der Waals surface area contributed by atoms with Gasteiger partial charge >= 0.3 is 9.05 Å². The van der Waals surface area contributed by atoms with Crippen molar-refractivity contribution in [1.29, 1.82) is 0 Å². The van der Waals surface area contributed by atoms with Crippen LogP contribution in [0.15, 0.2) is 0 Å². The van der Waals surface area contributed by atoms with E-state index in [1.54, 1.807) is 0 Å². The second-order valence-electron chi connectivity index (χ2n) is 14.0. The van der Waals surface area contributed by atoms with Crippen LogP contribution in [0.4, 0.5) is 0 Å². The van der Waals surface area contributed by atoms with Gasteiger partial charge < -0.3 is 33.4 Å². The monoisotopic (exact) mass is 654 g/mol. The van der Waals surface area contributed by atoms with Crippen LogP contribution in [0.25, 0.3) is 0 Å². The van der Waals surface area contributed by atoms with Gasteiger partial charge in [0.25, 0.3) is 0 Å². The molecule has 234 valence electrons. The summed E-state index contributed by atoms with van der Waals surface area (Å²) in [6.45, 7) is 16.8. The Morgan fingerprint density at radius 1 is 0.436 bits per heavy atom. The normalized spacial score (nSPS) is 20.2. The molecular formula is C30H64O7SiZr. The molecule has 0 heterocycles. The summed E-state index contributed by atoms with van der Waals surface area (Å²) < 4.78 is 16.9. The summed E-state index contributed by atoms with van der Waals surface area (Å²) in [5.41, 5.74) is -1.55. The van der Waals surface area contributed by atoms with E-state index in [2.05, 4.69) is 0 Å². The van der Waals surface area contributed by atoms with Crippen LogP contribution in [0.5, 0.6) is 0 Å². The molecule has 0 aromatic heterocycles. The fraction of sp³-hybridized carbons (Fsp3) is 1.00. The van der Waals surface area contributed by atoms with Crippen LogP contribution < -0.4 is 0 Å². The first-order chi connectivity index (χ1) is 17.3. The van der Waals surface area contributed by atoms with E-state index in [4.69, 9.17) is 28.6 Å². The minimum Gasteiger partial charge on any atom is -0.393 e. The zero-order valence-electron chi connectivity index (χ0n) is 26.9. The van der Waals surface area contributed by atoms with Gasteiger partial charge in [-0.1, -0.05) is 57.8 Å². The van der Waals surface area contributed by atoms with Gasteiger partial charge in [0, 0.05) is 26.2 Å². The first-order valence-corrected chi connectivity index (χ1v) is 16.8. The molecule has 7 nitrogen and oxygen atoms in total. The second kappa shape index (κ2) is 20.7. The minimum atomic E-state index is -3.66. The van der Waals surface area contributed by atoms with Crippen LogP contribution in [0.1, 0.15) is 159 Å². The number of hydrogen-bond acceptors (Lipinski definition) is 7. The van der Waals surface area contributed by atoms with E-state index in [1.165, 1.54) is 57.8 Å². The molecule has 0 aliphatic heterocycles. The predicted molar refractivity (Wildman–Crippen MR) is 158 cm³/mol. The van der Waals surface area contributed by atoms with Crippen LogP contribution in [0.3, 0.4) is 0 Å². The molecular weight excluding hydrogens is 592 g/mol. The second-order valence-corrected chi connectivity index (χ2v) is 15.7. The molecule has 0 spiro atoms. The van der Waals surface area contributed by atoms with Gasteiger partial charge in [-0.2, -0.15) is 0 Å². The predicted octanol–water partition coefficient (Wildman–Crippen LogP) is 6.79. The van der Waals surface area contributed by atoms with Crippen LogP contribution in [0.2, 0.25) is 0 Å². The Kier molecular flexibility index (Phi) is 22.2. The molecule has 0 aromatic rings. The largest absolute Gasteiger partial charge is 0.678 e. The molecule has 0 saturated heterocycles. The standard InChI is InChI=1S/C12H28O4Si.3C6H12O.Zr/c1-10(2,3)14-17(13,15-11(4,5)6)16-12(7,8)9;3*7-6-4-2-1-3-5-6;/h13H,1-9H3;3*6-7H,1-5H2;. The molecule has 3 rings (SSSR count). The zero-order valence-corrected chi connectivity index (χ0v) is 30.3. The molecule has 0 aromatic carbocycles. The number of rotatable bonds is 3. The van der Waals surface area contributed by atoms with Crippen LogP contribution in [-0.4, -0.2) is 64.3 Å². The van der Waals surface area contributed by atoms with E-state index in [0.29, 0.717) is 0 Å². The van der Waals surface area contributed by atoms with Crippen molar-refractivity contribution in [2.45, 2.75) is 194 Å². The summed E-state index contributed by atoms with van der Waals surface area (Å²) in [4.78, 5) is 10.5. The van der Waals surface area contributed by atoms with E-state index in [1.807, 2.05) is 62.3 Å². The van der Waals surface area contributed by atoms with Crippen LogP contribution in [-0.2, 0) is 39.5 Å². The maximum absolute atomic E-state index is 10.5. The summed E-state index contributed by atoms with van der Waals surface area (Å²) in [6, 6.07) is 0. The van der Waals surface area contributed by atoms with Crippen LogP contribution >= 0.6 is 0 Å². The van der Waals surface area contributed by atoms with Crippen LogP contribution in [0, 0.1) is 0 Å². The molecule has 0 unspecified atom stereocenters. The van der Waals surface area contributed by atoms with Gasteiger partial charge in [0.15, 0.2) is 0 Å². The Morgan fingerprint density at radius 3 is 0.718 bits per heavy atom. The van der Waals surface area contributed by atoms with Gasteiger partial charge in [0.05, 0.1) is 35.1 Å². The summed E-state index contributed by atoms with van der Waals surface area (Å²) in [5, 5.41) is 26.7. The van der Waals surface area contributed by atoms with E-state index in [0.717, 1.165) is 38.5 Å². The third-order valence-electron chi connectivity index (χ3n) is 6.03.